The van der Waals surface area contributed by atoms with Crippen molar-refractivity contribution in [3.63, 3.8) is 0 Å². The molecule has 0 heterocycles. The molecule has 2 aromatic carbocycles. The molecule has 0 atom stereocenters. The Hall–Kier alpha value is -2.12. The summed E-state index contributed by atoms with van der Waals surface area (Å²) in [5, 5.41) is 14.1. The zero-order valence-electron chi connectivity index (χ0n) is 30.6. The molecule has 2 N–H and O–H groups in total. The zero-order valence-corrected chi connectivity index (χ0v) is 32.3. The van der Waals surface area contributed by atoms with Crippen molar-refractivity contribution < 1.29 is 19.4 Å². The Kier molecular flexibility index (Phi) is 12.4. The van der Waals surface area contributed by atoms with Gasteiger partial charge in [0.2, 0.25) is 5.91 Å². The Morgan fingerprint density at radius 2 is 1.04 bits per heavy atom. The first-order valence-corrected chi connectivity index (χ1v) is 17.8. The molecule has 0 radical (unpaired) electrons. The lowest BCUT2D eigenvalue weighted by Crippen LogP contribution is -2.26. The highest BCUT2D eigenvalue weighted by Gasteiger charge is 2.33. The fourth-order valence-electron chi connectivity index (χ4n) is 5.02. The number of phenols is 1. The van der Waals surface area contributed by atoms with E-state index < -0.39 is 5.97 Å². The minimum atomic E-state index is -0.398. The predicted octanol–water partition coefficient (Wildman–Crippen LogP) is 10.4. The summed E-state index contributed by atoms with van der Waals surface area (Å²) in [4.78, 5) is 27.4. The van der Waals surface area contributed by atoms with E-state index >= 15 is 0 Å². The normalized spacial score (nSPS) is 13.1. The van der Waals surface area contributed by atoms with E-state index in [0.717, 1.165) is 38.5 Å². The number of rotatable bonds is 10. The van der Waals surface area contributed by atoms with Crippen LogP contribution in [-0.4, -0.2) is 27.6 Å². The molecule has 0 aliphatic carbocycles. The molecule has 5 nitrogen and oxygen atoms in total. The van der Waals surface area contributed by atoms with Gasteiger partial charge in [0.05, 0.1) is 10.5 Å². The molecule has 2 rings (SSSR count). The van der Waals surface area contributed by atoms with Gasteiger partial charge in [0.25, 0.3) is 0 Å². The molecule has 0 bridgehead atoms. The Morgan fingerprint density at radius 1 is 0.667 bits per heavy atom. The van der Waals surface area contributed by atoms with Gasteiger partial charge in [-0.1, -0.05) is 90.0 Å². The molecule has 0 aromatic heterocycles. The summed E-state index contributed by atoms with van der Waals surface area (Å²) in [6, 6.07) is 8.61. The molecular weight excluding hydrogens is 599 g/mol. The standard InChI is InChI=1S/C38H59NO4S2/c1-16-19-39-30(40)17-18-31(41)43-33-28(36(8,9)10)22-25(23-29(33)37(11,12)13)45-38(14,15)44-24-20-26(34(2,3)4)32(42)27(21-24)35(5,6)7/h20-23,42H,16-19H2,1-15H3,(H,39,40). The van der Waals surface area contributed by atoms with Crippen LogP contribution < -0.4 is 10.1 Å². The molecule has 0 saturated carbocycles. The van der Waals surface area contributed by atoms with Gasteiger partial charge in [-0.2, -0.15) is 0 Å². The summed E-state index contributed by atoms with van der Waals surface area (Å²) in [6.07, 6.45) is 0.992. The number of ether oxygens (including phenoxy) is 1. The molecule has 0 saturated heterocycles. The maximum atomic E-state index is 13.1. The van der Waals surface area contributed by atoms with E-state index in [0.29, 0.717) is 18.0 Å². The predicted molar refractivity (Wildman–Crippen MR) is 193 cm³/mol. The van der Waals surface area contributed by atoms with Crippen molar-refractivity contribution in [2.75, 3.05) is 6.54 Å². The Morgan fingerprint density at radius 3 is 1.40 bits per heavy atom. The van der Waals surface area contributed by atoms with Crippen molar-refractivity contribution in [1.82, 2.24) is 5.32 Å². The summed E-state index contributed by atoms with van der Waals surface area (Å²) in [5.41, 5.74) is 2.87. The summed E-state index contributed by atoms with van der Waals surface area (Å²) in [7, 11) is 0. The fraction of sp³-hybridized carbons (Fsp3) is 0.632. The minimum Gasteiger partial charge on any atom is -0.507 e. The van der Waals surface area contributed by atoms with Crippen LogP contribution in [0.15, 0.2) is 34.1 Å². The van der Waals surface area contributed by atoms with Crippen LogP contribution in [0.3, 0.4) is 0 Å². The van der Waals surface area contributed by atoms with Gasteiger partial charge in [-0.25, -0.2) is 0 Å². The molecule has 252 valence electrons. The minimum absolute atomic E-state index is 0.0304. The largest absolute Gasteiger partial charge is 0.507 e. The van der Waals surface area contributed by atoms with Crippen LogP contribution >= 0.6 is 23.5 Å². The lowest BCUT2D eigenvalue weighted by molar-refractivity contribution is -0.136. The van der Waals surface area contributed by atoms with Crippen LogP contribution in [0.25, 0.3) is 0 Å². The molecule has 45 heavy (non-hydrogen) atoms. The number of hydrogen-bond donors (Lipinski definition) is 2. The van der Waals surface area contributed by atoms with Crippen LogP contribution in [0.1, 0.15) is 145 Å². The number of carbonyl (C=O) groups excluding carboxylic acids is 2. The number of thioether (sulfide) groups is 2. The van der Waals surface area contributed by atoms with E-state index in [9.17, 15) is 14.7 Å². The number of hydrogen-bond acceptors (Lipinski definition) is 6. The number of nitrogens with one attached hydrogen (secondary N) is 1. The van der Waals surface area contributed by atoms with Crippen molar-refractivity contribution in [1.29, 1.82) is 0 Å². The monoisotopic (exact) mass is 657 g/mol. The van der Waals surface area contributed by atoms with Gasteiger partial charge in [-0.05, 0) is 66.2 Å². The molecule has 0 spiro atoms. The summed E-state index contributed by atoms with van der Waals surface area (Å²) >= 11 is 3.58. The number of carbonyl (C=O) groups is 2. The number of phenolic OH excluding ortho intramolecular Hbond substituents is 1. The summed E-state index contributed by atoms with van der Waals surface area (Å²) in [6.45, 7) is 32.7. The first kappa shape index (κ1) is 39.1. The Bertz CT molecular complexity index is 1300. The van der Waals surface area contributed by atoms with Gasteiger partial charge >= 0.3 is 5.97 Å². The van der Waals surface area contributed by atoms with Crippen molar-refractivity contribution in [2.45, 2.75) is 159 Å². The maximum Gasteiger partial charge on any atom is 0.311 e. The molecule has 1 amide bonds. The highest BCUT2D eigenvalue weighted by Crippen LogP contribution is 2.51. The van der Waals surface area contributed by atoms with E-state index in [2.05, 4.69) is 127 Å². The van der Waals surface area contributed by atoms with Crippen molar-refractivity contribution in [3.8, 4) is 11.5 Å². The van der Waals surface area contributed by atoms with Gasteiger partial charge in [0, 0.05) is 45.0 Å². The third-order valence-corrected chi connectivity index (χ3v) is 9.88. The summed E-state index contributed by atoms with van der Waals surface area (Å²) in [5.74, 6) is 0.462. The molecular formula is C38H59NO4S2. The van der Waals surface area contributed by atoms with E-state index in [-0.39, 0.29) is 44.5 Å². The number of benzene rings is 2. The van der Waals surface area contributed by atoms with Crippen LogP contribution in [0.4, 0.5) is 0 Å². The second-order valence-electron chi connectivity index (χ2n) is 16.6. The van der Waals surface area contributed by atoms with Crippen LogP contribution in [-0.2, 0) is 31.2 Å². The second kappa shape index (κ2) is 14.3. The molecule has 0 aliphatic rings. The molecule has 7 heteroatoms. The lowest BCUT2D eigenvalue weighted by Gasteiger charge is -2.32. The van der Waals surface area contributed by atoms with E-state index in [1.165, 1.54) is 0 Å². The van der Waals surface area contributed by atoms with Gasteiger partial charge < -0.3 is 15.2 Å². The maximum absolute atomic E-state index is 13.1. The SMILES string of the molecule is CCCNC(=O)CCC(=O)Oc1c(C(C)(C)C)cc(SC(C)(C)Sc2cc(C(C)(C)C)c(O)c(C(C)(C)C)c2)cc1C(C)(C)C. The fourth-order valence-corrected chi connectivity index (χ4v) is 7.60. The molecule has 2 aromatic rings. The van der Waals surface area contributed by atoms with Gasteiger partial charge in [-0.3, -0.25) is 9.59 Å². The average Bonchev–Trinajstić information content (AvgIpc) is 2.84. The topological polar surface area (TPSA) is 75.6 Å². The Balaban J connectivity index is 2.54. The third kappa shape index (κ3) is 11.3. The van der Waals surface area contributed by atoms with Gasteiger partial charge in [0.1, 0.15) is 11.5 Å². The van der Waals surface area contributed by atoms with Crippen molar-refractivity contribution >= 4 is 35.4 Å². The molecule has 0 aliphatic heterocycles. The zero-order chi connectivity index (χ0) is 34.8. The molecule has 0 fully saturated rings. The van der Waals surface area contributed by atoms with Crippen LogP contribution in [0, 0.1) is 0 Å². The van der Waals surface area contributed by atoms with Crippen LogP contribution in [0.5, 0.6) is 11.5 Å². The number of aromatic hydroxyl groups is 1. The lowest BCUT2D eigenvalue weighted by atomic mass is 9.79. The van der Waals surface area contributed by atoms with Crippen LogP contribution in [0.2, 0.25) is 0 Å². The number of esters is 1. The number of amides is 1. The first-order valence-electron chi connectivity index (χ1n) is 16.2. The van der Waals surface area contributed by atoms with Gasteiger partial charge in [0.15, 0.2) is 0 Å². The second-order valence-corrected chi connectivity index (χ2v) is 20.3. The van der Waals surface area contributed by atoms with Crippen molar-refractivity contribution in [2.24, 2.45) is 0 Å². The van der Waals surface area contributed by atoms with Crippen molar-refractivity contribution in [3.05, 3.63) is 46.5 Å². The summed E-state index contributed by atoms with van der Waals surface area (Å²) < 4.78 is 5.86. The van der Waals surface area contributed by atoms with E-state index in [4.69, 9.17) is 4.74 Å². The highest BCUT2D eigenvalue weighted by molar-refractivity contribution is 8.18. The van der Waals surface area contributed by atoms with E-state index in [1.54, 1.807) is 23.5 Å². The van der Waals surface area contributed by atoms with Gasteiger partial charge in [-0.15, -0.1) is 23.5 Å². The average molecular weight is 658 g/mol. The molecule has 0 unspecified atom stereocenters. The highest BCUT2D eigenvalue weighted by atomic mass is 32.2. The first-order chi connectivity index (χ1) is 20.3. The van der Waals surface area contributed by atoms with E-state index in [1.807, 2.05) is 6.92 Å². The Labute approximate surface area is 282 Å². The smallest absolute Gasteiger partial charge is 0.311 e. The quantitative estimate of drug-likeness (QED) is 0.115. The third-order valence-electron chi connectivity index (χ3n) is 7.45.